The van der Waals surface area contributed by atoms with Crippen molar-refractivity contribution in [3.8, 4) is 5.75 Å². The smallest absolute Gasteiger partial charge is 0.239 e. The molecule has 0 aliphatic carbocycles. The Morgan fingerprint density at radius 3 is 2.48 bits per heavy atom. The molecule has 1 aromatic carbocycles. The van der Waals surface area contributed by atoms with E-state index in [9.17, 15) is 13.2 Å². The molecular formula is C17H27N3O4S. The molecular weight excluding hydrogens is 342 g/mol. The number of carbonyl (C=O) groups excluding carboxylic acids is 1. The van der Waals surface area contributed by atoms with Crippen LogP contribution in [0.1, 0.15) is 13.3 Å². The summed E-state index contributed by atoms with van der Waals surface area (Å²) in [6, 6.07) is 7.10. The first-order valence-corrected chi connectivity index (χ1v) is 10.6. The predicted octanol–water partition coefficient (Wildman–Crippen LogP) is 0.496. The number of carbonyl (C=O) groups is 1. The van der Waals surface area contributed by atoms with Crippen molar-refractivity contribution in [1.82, 2.24) is 4.90 Å². The summed E-state index contributed by atoms with van der Waals surface area (Å²) in [5.74, 6) is 0.595. The lowest BCUT2D eigenvalue weighted by Gasteiger charge is -2.37. The summed E-state index contributed by atoms with van der Waals surface area (Å²) in [7, 11) is -3.11. The quantitative estimate of drug-likeness (QED) is 0.752. The van der Waals surface area contributed by atoms with Gasteiger partial charge in [-0.05, 0) is 25.5 Å². The Morgan fingerprint density at radius 1 is 1.24 bits per heavy atom. The van der Waals surface area contributed by atoms with Gasteiger partial charge in [0.2, 0.25) is 5.91 Å². The van der Waals surface area contributed by atoms with E-state index in [4.69, 9.17) is 10.5 Å². The second-order valence-electron chi connectivity index (χ2n) is 6.24. The number of piperazine rings is 1. The van der Waals surface area contributed by atoms with Gasteiger partial charge < -0.3 is 20.3 Å². The summed E-state index contributed by atoms with van der Waals surface area (Å²) in [6.45, 7) is 5.05. The van der Waals surface area contributed by atoms with Crippen molar-refractivity contribution < 1.29 is 17.9 Å². The number of para-hydroxylation sites is 2. The van der Waals surface area contributed by atoms with Crippen molar-refractivity contribution in [1.29, 1.82) is 0 Å². The van der Waals surface area contributed by atoms with Crippen LogP contribution in [0.25, 0.3) is 0 Å². The van der Waals surface area contributed by atoms with Crippen LogP contribution in [-0.4, -0.2) is 70.1 Å². The SMILES string of the molecule is CCOc1ccccc1N1CCN(C(=O)C(N)CCS(C)(=O)=O)CC1. The summed E-state index contributed by atoms with van der Waals surface area (Å²) in [5, 5.41) is 0. The first-order chi connectivity index (χ1) is 11.8. The Balaban J connectivity index is 1.92. The highest BCUT2D eigenvalue weighted by Crippen LogP contribution is 2.28. The molecule has 0 spiro atoms. The Kier molecular flexibility index (Phi) is 6.66. The largest absolute Gasteiger partial charge is 0.492 e. The minimum absolute atomic E-state index is 0.0679. The molecule has 1 heterocycles. The van der Waals surface area contributed by atoms with Crippen molar-refractivity contribution in [2.45, 2.75) is 19.4 Å². The molecule has 1 saturated heterocycles. The fourth-order valence-electron chi connectivity index (χ4n) is 2.86. The number of amides is 1. The van der Waals surface area contributed by atoms with Gasteiger partial charge in [-0.2, -0.15) is 0 Å². The fraction of sp³-hybridized carbons (Fsp3) is 0.588. The van der Waals surface area contributed by atoms with Gasteiger partial charge in [0.15, 0.2) is 0 Å². The zero-order valence-electron chi connectivity index (χ0n) is 14.8. The molecule has 1 aromatic rings. The van der Waals surface area contributed by atoms with Crippen molar-refractivity contribution >= 4 is 21.4 Å². The number of hydrogen-bond acceptors (Lipinski definition) is 6. The molecule has 1 fully saturated rings. The van der Waals surface area contributed by atoms with Crippen molar-refractivity contribution in [3.63, 3.8) is 0 Å². The maximum absolute atomic E-state index is 12.4. The first-order valence-electron chi connectivity index (χ1n) is 8.50. The normalized spacial score (nSPS) is 16.6. The summed E-state index contributed by atoms with van der Waals surface area (Å²) in [6.07, 6.45) is 1.31. The third-order valence-electron chi connectivity index (χ3n) is 4.21. The summed E-state index contributed by atoms with van der Waals surface area (Å²) in [4.78, 5) is 16.3. The van der Waals surface area contributed by atoms with Gasteiger partial charge in [-0.25, -0.2) is 8.42 Å². The Bertz CT molecular complexity index is 685. The number of nitrogens with zero attached hydrogens (tertiary/aromatic N) is 2. The third-order valence-corrected chi connectivity index (χ3v) is 5.19. The molecule has 0 saturated carbocycles. The lowest BCUT2D eigenvalue weighted by molar-refractivity contribution is -0.132. The molecule has 1 amide bonds. The van der Waals surface area contributed by atoms with E-state index in [-0.39, 0.29) is 18.1 Å². The molecule has 1 unspecified atom stereocenters. The predicted molar refractivity (Wildman–Crippen MR) is 98.7 cm³/mol. The Hall–Kier alpha value is -1.80. The van der Waals surface area contributed by atoms with Crippen LogP contribution in [0.3, 0.4) is 0 Å². The number of benzene rings is 1. The van der Waals surface area contributed by atoms with E-state index in [0.717, 1.165) is 17.7 Å². The zero-order valence-corrected chi connectivity index (χ0v) is 15.7. The molecule has 25 heavy (non-hydrogen) atoms. The second kappa shape index (κ2) is 8.53. The molecule has 2 N–H and O–H groups in total. The first kappa shape index (κ1) is 19.5. The van der Waals surface area contributed by atoms with Crippen molar-refractivity contribution in [3.05, 3.63) is 24.3 Å². The van der Waals surface area contributed by atoms with E-state index in [1.54, 1.807) is 4.90 Å². The molecule has 1 aliphatic rings. The second-order valence-corrected chi connectivity index (χ2v) is 8.50. The van der Waals surface area contributed by atoms with E-state index in [0.29, 0.717) is 32.8 Å². The molecule has 2 rings (SSSR count). The van der Waals surface area contributed by atoms with Crippen LogP contribution >= 0.6 is 0 Å². The van der Waals surface area contributed by atoms with Gasteiger partial charge in [0.25, 0.3) is 0 Å². The average molecular weight is 369 g/mol. The Labute approximate surface area is 149 Å². The Morgan fingerprint density at radius 2 is 1.88 bits per heavy atom. The van der Waals surface area contributed by atoms with Gasteiger partial charge in [0, 0.05) is 32.4 Å². The van der Waals surface area contributed by atoms with Crippen LogP contribution in [-0.2, 0) is 14.6 Å². The summed E-state index contributed by atoms with van der Waals surface area (Å²) < 4.78 is 28.1. The molecule has 0 aromatic heterocycles. The minimum atomic E-state index is -3.11. The van der Waals surface area contributed by atoms with Crippen LogP contribution in [0.15, 0.2) is 24.3 Å². The van der Waals surface area contributed by atoms with E-state index in [2.05, 4.69) is 4.90 Å². The topological polar surface area (TPSA) is 92.9 Å². The molecule has 0 radical (unpaired) electrons. The van der Waals surface area contributed by atoms with Crippen LogP contribution < -0.4 is 15.4 Å². The number of sulfone groups is 1. The number of ether oxygens (including phenoxy) is 1. The average Bonchev–Trinajstić information content (AvgIpc) is 2.59. The standard InChI is InChI=1S/C17H27N3O4S/c1-3-24-16-7-5-4-6-15(16)19-9-11-20(12-10-19)17(21)14(18)8-13-25(2,22)23/h4-7,14H,3,8-13,18H2,1-2H3. The molecule has 1 atom stereocenters. The molecule has 7 nitrogen and oxygen atoms in total. The van der Waals surface area contributed by atoms with Gasteiger partial charge in [-0.1, -0.05) is 12.1 Å². The van der Waals surface area contributed by atoms with Gasteiger partial charge in [-0.3, -0.25) is 4.79 Å². The monoisotopic (exact) mass is 369 g/mol. The highest BCUT2D eigenvalue weighted by Gasteiger charge is 2.26. The molecule has 8 heteroatoms. The highest BCUT2D eigenvalue weighted by atomic mass is 32.2. The van der Waals surface area contributed by atoms with Gasteiger partial charge >= 0.3 is 0 Å². The van der Waals surface area contributed by atoms with Crippen molar-refractivity contribution in [2.24, 2.45) is 5.73 Å². The maximum atomic E-state index is 12.4. The van der Waals surface area contributed by atoms with E-state index in [1.807, 2.05) is 31.2 Å². The van der Waals surface area contributed by atoms with Crippen LogP contribution in [0.2, 0.25) is 0 Å². The molecule has 140 valence electrons. The van der Waals surface area contributed by atoms with Crippen LogP contribution in [0.5, 0.6) is 5.75 Å². The van der Waals surface area contributed by atoms with Gasteiger partial charge in [-0.15, -0.1) is 0 Å². The summed E-state index contributed by atoms with van der Waals surface area (Å²) in [5.41, 5.74) is 6.90. The fourth-order valence-corrected chi connectivity index (χ4v) is 3.54. The number of anilines is 1. The van der Waals surface area contributed by atoms with E-state index < -0.39 is 15.9 Å². The van der Waals surface area contributed by atoms with E-state index in [1.165, 1.54) is 0 Å². The van der Waals surface area contributed by atoms with Crippen LogP contribution in [0.4, 0.5) is 5.69 Å². The minimum Gasteiger partial charge on any atom is -0.492 e. The number of nitrogens with two attached hydrogens (primary N) is 1. The zero-order chi connectivity index (χ0) is 18.4. The highest BCUT2D eigenvalue weighted by molar-refractivity contribution is 7.90. The maximum Gasteiger partial charge on any atom is 0.239 e. The van der Waals surface area contributed by atoms with E-state index >= 15 is 0 Å². The number of rotatable bonds is 7. The number of hydrogen-bond donors (Lipinski definition) is 1. The summed E-state index contributed by atoms with van der Waals surface area (Å²) >= 11 is 0. The van der Waals surface area contributed by atoms with Gasteiger partial charge in [0.1, 0.15) is 15.6 Å². The van der Waals surface area contributed by atoms with Crippen LogP contribution in [0, 0.1) is 0 Å². The lowest BCUT2D eigenvalue weighted by Crippen LogP contribution is -2.53. The molecule has 0 bridgehead atoms. The van der Waals surface area contributed by atoms with Gasteiger partial charge in [0.05, 0.1) is 24.1 Å². The lowest BCUT2D eigenvalue weighted by atomic mass is 10.1. The molecule has 1 aliphatic heterocycles. The third kappa shape index (κ3) is 5.61. The van der Waals surface area contributed by atoms with Crippen molar-refractivity contribution in [2.75, 3.05) is 49.7 Å².